The summed E-state index contributed by atoms with van der Waals surface area (Å²) in [6.45, 7) is 8.03. The molecule has 1 atom stereocenters. The van der Waals surface area contributed by atoms with Crippen molar-refractivity contribution in [3.8, 4) is 6.07 Å². The number of halogens is 1. The average Bonchev–Trinajstić information content (AvgIpc) is 3.25. The highest BCUT2D eigenvalue weighted by Crippen LogP contribution is 2.37. The predicted molar refractivity (Wildman–Crippen MR) is 164 cm³/mol. The van der Waals surface area contributed by atoms with E-state index in [1.807, 2.05) is 51.1 Å². The standard InChI is InChI=1S/C30H31ClN4O4S2/c1-18(40-22-7-5-6-21(15-22)33-26(36)14-19-8-10-20(31)11-9-19)27(37)34-28-24(16-32)23-12-13-35(17-25(23)41-28)29(38)39-30(2,3)4/h5-11,15,18H,12-14,17H2,1-4H3,(H,33,36)(H,34,37). The highest BCUT2D eigenvalue weighted by atomic mass is 35.5. The molecule has 3 aromatic rings. The largest absolute Gasteiger partial charge is 0.444 e. The first-order chi connectivity index (χ1) is 19.4. The molecule has 4 rings (SSSR count). The van der Waals surface area contributed by atoms with Gasteiger partial charge in [0.15, 0.2) is 0 Å². The smallest absolute Gasteiger partial charge is 0.410 e. The van der Waals surface area contributed by atoms with Crippen LogP contribution in [0.5, 0.6) is 0 Å². The molecule has 0 spiro atoms. The molecule has 1 aromatic heterocycles. The van der Waals surface area contributed by atoms with Crippen LogP contribution in [0.15, 0.2) is 53.4 Å². The first-order valence-electron chi connectivity index (χ1n) is 13.1. The second-order valence-electron chi connectivity index (χ2n) is 10.6. The highest BCUT2D eigenvalue weighted by Gasteiger charge is 2.30. The lowest BCUT2D eigenvalue weighted by molar-refractivity contribution is -0.116. The number of rotatable bonds is 7. The minimum absolute atomic E-state index is 0.156. The first kappa shape index (κ1) is 30.4. The number of hydrogen-bond donors (Lipinski definition) is 2. The van der Waals surface area contributed by atoms with Crippen molar-refractivity contribution in [2.75, 3.05) is 17.2 Å². The van der Waals surface area contributed by atoms with Crippen LogP contribution < -0.4 is 10.6 Å². The summed E-state index contributed by atoms with van der Waals surface area (Å²) in [6.07, 6.45) is 0.341. The van der Waals surface area contributed by atoms with Crippen LogP contribution in [-0.2, 0) is 33.7 Å². The zero-order valence-corrected chi connectivity index (χ0v) is 25.6. The average molecular weight is 611 g/mol. The number of carbonyl (C=O) groups excluding carboxylic acids is 3. The molecule has 0 radical (unpaired) electrons. The fourth-order valence-electron chi connectivity index (χ4n) is 4.20. The number of amides is 3. The summed E-state index contributed by atoms with van der Waals surface area (Å²) in [5.74, 6) is -0.400. The lowest BCUT2D eigenvalue weighted by atomic mass is 10.0. The van der Waals surface area contributed by atoms with Crippen LogP contribution in [0.3, 0.4) is 0 Å². The van der Waals surface area contributed by atoms with Gasteiger partial charge in [0.25, 0.3) is 0 Å². The van der Waals surface area contributed by atoms with E-state index in [1.165, 1.54) is 23.1 Å². The third-order valence-corrected chi connectivity index (χ3v) is 8.61. The Morgan fingerprint density at radius 3 is 2.59 bits per heavy atom. The number of thiophene rings is 1. The molecule has 1 aliphatic rings. The van der Waals surface area contributed by atoms with Gasteiger partial charge in [0.05, 0.1) is 23.8 Å². The van der Waals surface area contributed by atoms with E-state index in [9.17, 15) is 19.6 Å². The molecule has 0 fully saturated rings. The number of nitrogens with one attached hydrogen (secondary N) is 2. The van der Waals surface area contributed by atoms with Gasteiger partial charge in [-0.05, 0) is 75.6 Å². The number of nitriles is 1. The quantitative estimate of drug-likeness (QED) is 0.283. The second kappa shape index (κ2) is 13.0. The summed E-state index contributed by atoms with van der Waals surface area (Å²) >= 11 is 8.58. The summed E-state index contributed by atoms with van der Waals surface area (Å²) in [4.78, 5) is 41.5. The molecule has 214 valence electrons. The van der Waals surface area contributed by atoms with Crippen molar-refractivity contribution < 1.29 is 19.1 Å². The van der Waals surface area contributed by atoms with Gasteiger partial charge in [-0.25, -0.2) is 4.79 Å². The molecular formula is C30H31ClN4O4S2. The monoisotopic (exact) mass is 610 g/mol. The van der Waals surface area contributed by atoms with Gasteiger partial charge in [-0.15, -0.1) is 23.1 Å². The number of anilines is 2. The molecule has 1 aliphatic heterocycles. The van der Waals surface area contributed by atoms with Gasteiger partial charge in [0.2, 0.25) is 11.8 Å². The maximum atomic E-state index is 13.1. The first-order valence-corrected chi connectivity index (χ1v) is 15.1. The lowest BCUT2D eigenvalue weighted by Crippen LogP contribution is -2.39. The highest BCUT2D eigenvalue weighted by molar-refractivity contribution is 8.00. The summed E-state index contributed by atoms with van der Waals surface area (Å²) in [6, 6.07) is 16.7. The number of carbonyl (C=O) groups is 3. The molecule has 0 bridgehead atoms. The van der Waals surface area contributed by atoms with E-state index < -0.39 is 16.9 Å². The van der Waals surface area contributed by atoms with Gasteiger partial charge in [0, 0.05) is 27.0 Å². The maximum Gasteiger partial charge on any atom is 0.410 e. The van der Waals surface area contributed by atoms with Crippen molar-refractivity contribution in [3.63, 3.8) is 0 Å². The number of nitrogens with zero attached hydrogens (tertiary/aromatic N) is 2. The van der Waals surface area contributed by atoms with Gasteiger partial charge in [-0.2, -0.15) is 5.26 Å². The molecule has 2 heterocycles. The molecule has 0 aliphatic carbocycles. The Kier molecular flexibility index (Phi) is 9.64. The van der Waals surface area contributed by atoms with Crippen molar-refractivity contribution in [2.45, 2.75) is 62.8 Å². The Balaban J connectivity index is 1.37. The van der Waals surface area contributed by atoms with Crippen molar-refractivity contribution in [3.05, 3.63) is 75.1 Å². The molecule has 2 aromatic carbocycles. The van der Waals surface area contributed by atoms with E-state index in [-0.39, 0.29) is 18.2 Å². The van der Waals surface area contributed by atoms with Gasteiger partial charge in [0.1, 0.15) is 16.7 Å². The number of ether oxygens (including phenoxy) is 1. The topological polar surface area (TPSA) is 112 Å². The fourth-order valence-corrected chi connectivity index (χ4v) is 6.47. The van der Waals surface area contributed by atoms with Gasteiger partial charge >= 0.3 is 6.09 Å². The Bertz CT molecular complexity index is 1490. The molecule has 8 nitrogen and oxygen atoms in total. The van der Waals surface area contributed by atoms with Crippen LogP contribution in [0, 0.1) is 11.3 Å². The minimum Gasteiger partial charge on any atom is -0.444 e. The third-order valence-electron chi connectivity index (χ3n) is 6.13. The minimum atomic E-state index is -0.597. The van der Waals surface area contributed by atoms with E-state index in [1.54, 1.807) is 30.0 Å². The maximum absolute atomic E-state index is 13.1. The predicted octanol–water partition coefficient (Wildman–Crippen LogP) is 6.87. The number of benzene rings is 2. The molecule has 0 saturated heterocycles. The molecule has 2 N–H and O–H groups in total. The zero-order chi connectivity index (χ0) is 29.7. The summed E-state index contributed by atoms with van der Waals surface area (Å²) in [5.41, 5.74) is 2.21. The third kappa shape index (κ3) is 8.26. The summed E-state index contributed by atoms with van der Waals surface area (Å²) in [5, 5.41) is 16.3. The van der Waals surface area contributed by atoms with Crippen LogP contribution in [0.4, 0.5) is 15.5 Å². The number of fused-ring (bicyclic) bond motifs is 1. The van der Waals surface area contributed by atoms with Crippen molar-refractivity contribution in [1.29, 1.82) is 5.26 Å². The SMILES string of the molecule is CC(Sc1cccc(NC(=O)Cc2ccc(Cl)cc2)c1)C(=O)Nc1sc2c(c1C#N)CCN(C(=O)OC(C)(C)C)C2. The molecule has 41 heavy (non-hydrogen) atoms. The van der Waals surface area contributed by atoms with E-state index in [0.29, 0.717) is 40.8 Å². The van der Waals surface area contributed by atoms with Crippen LogP contribution in [0.1, 0.15) is 49.3 Å². The second-order valence-corrected chi connectivity index (χ2v) is 13.6. The Hall–Kier alpha value is -3.52. The zero-order valence-electron chi connectivity index (χ0n) is 23.2. The van der Waals surface area contributed by atoms with Gasteiger partial charge < -0.3 is 20.3 Å². The Morgan fingerprint density at radius 2 is 1.90 bits per heavy atom. The Labute approximate surface area is 253 Å². The number of hydrogen-bond acceptors (Lipinski definition) is 7. The normalized spacial score (nSPS) is 13.5. The Morgan fingerprint density at radius 1 is 1.17 bits per heavy atom. The van der Waals surface area contributed by atoms with Gasteiger partial charge in [-0.1, -0.05) is 29.8 Å². The molecule has 11 heteroatoms. The van der Waals surface area contributed by atoms with Crippen LogP contribution in [-0.4, -0.2) is 40.2 Å². The van der Waals surface area contributed by atoms with Crippen LogP contribution in [0.2, 0.25) is 5.02 Å². The van der Waals surface area contributed by atoms with Crippen LogP contribution >= 0.6 is 34.7 Å². The lowest BCUT2D eigenvalue weighted by Gasteiger charge is -2.29. The molecule has 0 saturated carbocycles. The summed E-state index contributed by atoms with van der Waals surface area (Å²) < 4.78 is 5.49. The van der Waals surface area contributed by atoms with E-state index >= 15 is 0 Å². The van der Waals surface area contributed by atoms with E-state index in [0.717, 1.165) is 20.9 Å². The van der Waals surface area contributed by atoms with Crippen molar-refractivity contribution in [1.82, 2.24) is 4.90 Å². The number of thioether (sulfide) groups is 1. The summed E-state index contributed by atoms with van der Waals surface area (Å²) in [7, 11) is 0. The van der Waals surface area contributed by atoms with Crippen molar-refractivity contribution in [2.24, 2.45) is 0 Å². The van der Waals surface area contributed by atoms with Gasteiger partial charge in [-0.3, -0.25) is 9.59 Å². The van der Waals surface area contributed by atoms with Crippen molar-refractivity contribution >= 4 is 63.3 Å². The molecular weight excluding hydrogens is 580 g/mol. The van der Waals surface area contributed by atoms with E-state index in [4.69, 9.17) is 16.3 Å². The fraction of sp³-hybridized carbons (Fsp3) is 0.333. The molecule has 1 unspecified atom stereocenters. The van der Waals surface area contributed by atoms with E-state index in [2.05, 4.69) is 16.7 Å². The van der Waals surface area contributed by atoms with Crippen LogP contribution in [0.25, 0.3) is 0 Å². The molecule has 3 amide bonds.